The maximum Gasteiger partial charge on any atom is 0.312 e. The van der Waals surface area contributed by atoms with Gasteiger partial charge in [0.2, 0.25) is 0 Å². The van der Waals surface area contributed by atoms with Gasteiger partial charge in [-0.3, -0.25) is 4.79 Å². The van der Waals surface area contributed by atoms with Gasteiger partial charge in [-0.15, -0.1) is 0 Å². The van der Waals surface area contributed by atoms with E-state index >= 15 is 0 Å². The molecule has 0 aliphatic heterocycles. The molecule has 2 nitrogen and oxygen atoms in total. The van der Waals surface area contributed by atoms with Gasteiger partial charge in [0, 0.05) is 0 Å². The van der Waals surface area contributed by atoms with Crippen LogP contribution in [0.1, 0.15) is 73.6 Å². The first-order valence-electron chi connectivity index (χ1n) is 7.17. The molecule has 0 saturated heterocycles. The molecular weight excluding hydrogens is 212 g/mol. The minimum atomic E-state index is -0.207. The second kappa shape index (κ2) is 7.73. The maximum absolute atomic E-state index is 12.0. The van der Waals surface area contributed by atoms with Crippen LogP contribution in [0.3, 0.4) is 0 Å². The van der Waals surface area contributed by atoms with Crippen molar-refractivity contribution in [2.75, 3.05) is 0 Å². The van der Waals surface area contributed by atoms with Crippen molar-refractivity contribution in [3.05, 3.63) is 0 Å². The van der Waals surface area contributed by atoms with Crippen LogP contribution in [0.2, 0.25) is 0 Å². The molecule has 2 heteroatoms. The number of hydrogen-bond acceptors (Lipinski definition) is 2. The zero-order valence-electron chi connectivity index (χ0n) is 12.5. The quantitative estimate of drug-likeness (QED) is 0.678. The molecule has 0 amide bonds. The number of hydrogen-bond donors (Lipinski definition) is 0. The summed E-state index contributed by atoms with van der Waals surface area (Å²) in [5, 5.41) is 0. The molecule has 1 rings (SSSR count). The van der Waals surface area contributed by atoms with E-state index in [9.17, 15) is 4.79 Å². The van der Waals surface area contributed by atoms with Gasteiger partial charge >= 0.3 is 5.97 Å². The molecule has 0 heterocycles. The maximum atomic E-state index is 12.0. The first-order chi connectivity index (χ1) is 7.96. The lowest BCUT2D eigenvalue weighted by atomic mass is 9.76. The normalized spacial score (nSPS) is 20.2. The van der Waals surface area contributed by atoms with Crippen molar-refractivity contribution in [3.63, 3.8) is 0 Å². The van der Waals surface area contributed by atoms with E-state index in [1.165, 1.54) is 19.3 Å². The molecule has 1 unspecified atom stereocenters. The molecule has 0 N–H and O–H groups in total. The van der Waals surface area contributed by atoms with Crippen LogP contribution in [0.4, 0.5) is 0 Å². The van der Waals surface area contributed by atoms with E-state index in [2.05, 4.69) is 20.8 Å². The molecule has 0 bridgehead atoms. The average molecular weight is 242 g/mol. The topological polar surface area (TPSA) is 26.3 Å². The molecule has 0 aromatic rings. The first kappa shape index (κ1) is 16.5. The van der Waals surface area contributed by atoms with Gasteiger partial charge in [0.1, 0.15) is 6.10 Å². The van der Waals surface area contributed by atoms with Gasteiger partial charge < -0.3 is 4.74 Å². The summed E-state index contributed by atoms with van der Waals surface area (Å²) in [5.74, 6) is 0.421. The predicted molar refractivity (Wildman–Crippen MR) is 72.9 cm³/mol. The van der Waals surface area contributed by atoms with Crippen molar-refractivity contribution in [2.45, 2.75) is 79.8 Å². The van der Waals surface area contributed by atoms with Crippen LogP contribution in [-0.4, -0.2) is 12.1 Å². The lowest BCUT2D eigenvalue weighted by Gasteiger charge is -2.32. The highest BCUT2D eigenvalue weighted by Gasteiger charge is 2.36. The Morgan fingerprint density at radius 1 is 1.06 bits per heavy atom. The Kier molecular flexibility index (Phi) is 7.49. The van der Waals surface area contributed by atoms with Crippen molar-refractivity contribution in [1.82, 2.24) is 0 Å². The van der Waals surface area contributed by atoms with Crippen LogP contribution in [0.5, 0.6) is 0 Å². The third kappa shape index (κ3) is 5.10. The number of esters is 1. The molecule has 102 valence electrons. The van der Waals surface area contributed by atoms with Gasteiger partial charge in [-0.2, -0.15) is 0 Å². The molecule has 0 radical (unpaired) electrons. The van der Waals surface area contributed by atoms with Crippen molar-refractivity contribution in [3.8, 4) is 0 Å². The van der Waals surface area contributed by atoms with Crippen molar-refractivity contribution < 1.29 is 9.53 Å². The lowest BCUT2D eigenvalue weighted by Crippen LogP contribution is -2.35. The van der Waals surface area contributed by atoms with Crippen LogP contribution in [-0.2, 0) is 9.53 Å². The van der Waals surface area contributed by atoms with Crippen LogP contribution in [0.15, 0.2) is 0 Å². The van der Waals surface area contributed by atoms with Crippen LogP contribution in [0.25, 0.3) is 0 Å². The Balaban J connectivity index is 0.00000121. The van der Waals surface area contributed by atoms with E-state index in [1.54, 1.807) is 0 Å². The van der Waals surface area contributed by atoms with Crippen LogP contribution >= 0.6 is 0 Å². The summed E-state index contributed by atoms with van der Waals surface area (Å²) in [6.45, 7) is 12.2. The highest BCUT2D eigenvalue weighted by molar-refractivity contribution is 5.76. The third-order valence-electron chi connectivity index (χ3n) is 3.68. The van der Waals surface area contributed by atoms with Gasteiger partial charge in [-0.05, 0) is 32.6 Å². The zero-order chi connectivity index (χ0) is 13.5. The molecule has 0 spiro atoms. The highest BCUT2D eigenvalue weighted by atomic mass is 16.5. The molecule has 0 aromatic heterocycles. The Bertz CT molecular complexity index is 215. The molecule has 0 aromatic carbocycles. The Hall–Kier alpha value is -0.530. The van der Waals surface area contributed by atoms with Crippen LogP contribution < -0.4 is 0 Å². The number of rotatable bonds is 3. The second-order valence-corrected chi connectivity index (χ2v) is 5.48. The number of carbonyl (C=O) groups excluding carboxylic acids is 1. The Labute approximate surface area is 107 Å². The molecule has 1 fully saturated rings. The standard InChI is InChI=1S/C13H24O2.C2H6/c1-10(2)11(3)15-12(14)13(4)8-6-5-7-9-13;1-2/h10-11H,5-9H2,1-4H3;1-2H3. The SMILES string of the molecule is CC.CC(C)C(C)OC(=O)C1(C)CCCCC1. The van der Waals surface area contributed by atoms with Gasteiger partial charge in [-0.25, -0.2) is 0 Å². The third-order valence-corrected chi connectivity index (χ3v) is 3.68. The van der Waals surface area contributed by atoms with E-state index in [-0.39, 0.29) is 17.5 Å². The second-order valence-electron chi connectivity index (χ2n) is 5.48. The summed E-state index contributed by atoms with van der Waals surface area (Å²) in [6, 6.07) is 0. The minimum Gasteiger partial charge on any atom is -0.462 e. The Morgan fingerprint density at radius 2 is 1.53 bits per heavy atom. The molecule has 1 atom stereocenters. The van der Waals surface area contributed by atoms with E-state index < -0.39 is 0 Å². The molecule has 17 heavy (non-hydrogen) atoms. The van der Waals surface area contributed by atoms with Crippen molar-refractivity contribution >= 4 is 5.97 Å². The van der Waals surface area contributed by atoms with Gasteiger partial charge in [0.25, 0.3) is 0 Å². The monoisotopic (exact) mass is 242 g/mol. The summed E-state index contributed by atoms with van der Waals surface area (Å²) in [5.41, 5.74) is -0.207. The van der Waals surface area contributed by atoms with E-state index in [0.29, 0.717) is 5.92 Å². The summed E-state index contributed by atoms with van der Waals surface area (Å²) >= 11 is 0. The summed E-state index contributed by atoms with van der Waals surface area (Å²) < 4.78 is 5.52. The molecule has 1 aliphatic rings. The Morgan fingerprint density at radius 3 is 1.94 bits per heavy atom. The zero-order valence-corrected chi connectivity index (χ0v) is 12.5. The highest BCUT2D eigenvalue weighted by Crippen LogP contribution is 2.37. The largest absolute Gasteiger partial charge is 0.462 e. The van der Waals surface area contributed by atoms with E-state index in [4.69, 9.17) is 4.74 Å². The van der Waals surface area contributed by atoms with Crippen LogP contribution in [0, 0.1) is 11.3 Å². The molecule has 1 aliphatic carbocycles. The van der Waals surface area contributed by atoms with Crippen molar-refractivity contribution in [2.24, 2.45) is 11.3 Å². The molecule has 1 saturated carbocycles. The predicted octanol–water partition coefficient (Wildman–Crippen LogP) is 4.57. The van der Waals surface area contributed by atoms with Gasteiger partial charge in [-0.1, -0.05) is 47.0 Å². The van der Waals surface area contributed by atoms with Crippen molar-refractivity contribution in [1.29, 1.82) is 0 Å². The van der Waals surface area contributed by atoms with E-state index in [1.807, 2.05) is 20.8 Å². The van der Waals surface area contributed by atoms with Gasteiger partial charge in [0.05, 0.1) is 5.41 Å². The summed E-state index contributed by atoms with van der Waals surface area (Å²) in [7, 11) is 0. The number of ether oxygens (including phenoxy) is 1. The first-order valence-corrected chi connectivity index (χ1v) is 7.17. The lowest BCUT2D eigenvalue weighted by molar-refractivity contribution is -0.163. The fraction of sp³-hybridized carbons (Fsp3) is 0.933. The molecular formula is C15H30O2. The van der Waals surface area contributed by atoms with E-state index in [0.717, 1.165) is 12.8 Å². The average Bonchev–Trinajstić information content (AvgIpc) is 2.32. The van der Waals surface area contributed by atoms with Gasteiger partial charge in [0.15, 0.2) is 0 Å². The minimum absolute atomic E-state index is 0.0170. The number of carbonyl (C=O) groups is 1. The summed E-state index contributed by atoms with van der Waals surface area (Å²) in [4.78, 5) is 12.0. The smallest absolute Gasteiger partial charge is 0.312 e. The summed E-state index contributed by atoms with van der Waals surface area (Å²) in [6.07, 6.45) is 5.63. The fourth-order valence-electron chi connectivity index (χ4n) is 1.98. The fourth-order valence-corrected chi connectivity index (χ4v) is 1.98.